The first-order valence-corrected chi connectivity index (χ1v) is 12.3. The van der Waals surface area contributed by atoms with E-state index in [-0.39, 0.29) is 24.4 Å². The molecule has 4 nitrogen and oxygen atoms in total. The molecule has 0 spiro atoms. The fraction of sp³-hybridized carbons (Fsp3) is 0.462. The molecule has 0 N–H and O–H groups in total. The van der Waals surface area contributed by atoms with Crippen molar-refractivity contribution in [2.45, 2.75) is 57.9 Å². The highest BCUT2D eigenvalue weighted by Gasteiger charge is 2.33. The fourth-order valence-electron chi connectivity index (χ4n) is 4.28. The predicted octanol–water partition coefficient (Wildman–Crippen LogP) is 5.60. The molecule has 2 aromatic rings. The number of hydrogen-bond donors (Lipinski definition) is 0. The minimum atomic E-state index is -0.0848. The molecule has 2 amide bonds. The van der Waals surface area contributed by atoms with E-state index in [1.165, 1.54) is 29.7 Å². The van der Waals surface area contributed by atoms with Gasteiger partial charge in [0.2, 0.25) is 11.8 Å². The number of amides is 2. The van der Waals surface area contributed by atoms with E-state index in [4.69, 9.17) is 0 Å². The van der Waals surface area contributed by atoms with Crippen LogP contribution in [-0.4, -0.2) is 41.2 Å². The molecule has 1 aromatic heterocycles. The summed E-state index contributed by atoms with van der Waals surface area (Å²) in [5.74, 6) is 0.0566. The van der Waals surface area contributed by atoms with Gasteiger partial charge in [-0.05, 0) is 35.4 Å². The van der Waals surface area contributed by atoms with Crippen molar-refractivity contribution in [2.75, 3.05) is 19.6 Å². The molecule has 0 saturated heterocycles. The summed E-state index contributed by atoms with van der Waals surface area (Å²) < 4.78 is 0. The lowest BCUT2D eigenvalue weighted by atomic mass is 9.93. The number of thiophene rings is 1. The molecule has 0 bridgehead atoms. The lowest BCUT2D eigenvalue weighted by Gasteiger charge is -2.37. The van der Waals surface area contributed by atoms with Gasteiger partial charge < -0.3 is 9.80 Å². The van der Waals surface area contributed by atoms with E-state index < -0.39 is 0 Å². The van der Waals surface area contributed by atoms with Gasteiger partial charge in [-0.15, -0.1) is 17.9 Å². The van der Waals surface area contributed by atoms with Crippen LogP contribution in [0, 0.1) is 0 Å². The smallest absolute Gasteiger partial charge is 0.243 e. The molecule has 1 unspecified atom stereocenters. The second-order valence-electron chi connectivity index (χ2n) is 8.18. The first kappa shape index (κ1) is 23.3. The molecule has 0 saturated carbocycles. The van der Waals surface area contributed by atoms with Crippen molar-refractivity contribution < 1.29 is 9.59 Å². The Hall–Kier alpha value is -2.40. The van der Waals surface area contributed by atoms with Crippen LogP contribution in [0.3, 0.4) is 0 Å². The standard InChI is InChI=1S/C26H34N2O2S/c1-3-5-6-7-11-14-24(29)27(17-4-2)20-25(30)28-18-15-23-22(16-19-31-23)26(28)21-12-9-8-10-13-21/h4,8-10,12-13,16,19,26H,2-3,5-7,11,14-15,17-18,20H2,1H3. The topological polar surface area (TPSA) is 40.6 Å². The van der Waals surface area contributed by atoms with Crippen molar-refractivity contribution in [3.05, 3.63) is 70.4 Å². The lowest BCUT2D eigenvalue weighted by molar-refractivity contribution is -0.141. The average molecular weight is 439 g/mol. The van der Waals surface area contributed by atoms with E-state index in [0.29, 0.717) is 19.5 Å². The predicted molar refractivity (Wildman–Crippen MR) is 128 cm³/mol. The highest BCUT2D eigenvalue weighted by Crippen LogP contribution is 2.37. The van der Waals surface area contributed by atoms with Crippen LogP contribution >= 0.6 is 11.3 Å². The molecule has 2 heterocycles. The van der Waals surface area contributed by atoms with E-state index in [9.17, 15) is 9.59 Å². The van der Waals surface area contributed by atoms with Gasteiger partial charge in [0.05, 0.1) is 6.04 Å². The SMILES string of the molecule is C=CCN(CC(=O)N1CCc2sccc2C1c1ccccc1)C(=O)CCCCCCC. The van der Waals surface area contributed by atoms with Gasteiger partial charge in [-0.1, -0.05) is 69.0 Å². The Labute approximate surface area is 190 Å². The fourth-order valence-corrected chi connectivity index (χ4v) is 5.19. The second-order valence-corrected chi connectivity index (χ2v) is 9.18. The van der Waals surface area contributed by atoms with Gasteiger partial charge in [-0.2, -0.15) is 0 Å². The molecule has 31 heavy (non-hydrogen) atoms. The molecule has 1 aliphatic heterocycles. The summed E-state index contributed by atoms with van der Waals surface area (Å²) in [5.41, 5.74) is 2.33. The molecular formula is C26H34N2O2S. The number of hydrogen-bond acceptors (Lipinski definition) is 3. The number of carbonyl (C=O) groups excluding carboxylic acids is 2. The van der Waals surface area contributed by atoms with Crippen molar-refractivity contribution in [2.24, 2.45) is 0 Å². The Balaban J connectivity index is 1.70. The summed E-state index contributed by atoms with van der Waals surface area (Å²) in [5, 5.41) is 2.11. The third kappa shape index (κ3) is 6.07. The Morgan fingerprint density at radius 1 is 1.16 bits per heavy atom. The summed E-state index contributed by atoms with van der Waals surface area (Å²) >= 11 is 1.76. The van der Waals surface area contributed by atoms with E-state index >= 15 is 0 Å². The highest BCUT2D eigenvalue weighted by atomic mass is 32.1. The molecule has 5 heteroatoms. The van der Waals surface area contributed by atoms with Gasteiger partial charge in [-0.3, -0.25) is 9.59 Å². The monoisotopic (exact) mass is 438 g/mol. The number of carbonyl (C=O) groups is 2. The summed E-state index contributed by atoms with van der Waals surface area (Å²) in [6.07, 6.45) is 8.60. The maximum Gasteiger partial charge on any atom is 0.243 e. The van der Waals surface area contributed by atoms with Gasteiger partial charge in [-0.25, -0.2) is 0 Å². The van der Waals surface area contributed by atoms with E-state index in [0.717, 1.165) is 24.8 Å². The normalized spacial score (nSPS) is 15.4. The highest BCUT2D eigenvalue weighted by molar-refractivity contribution is 7.10. The van der Waals surface area contributed by atoms with Gasteiger partial charge in [0.15, 0.2) is 0 Å². The zero-order chi connectivity index (χ0) is 22.1. The summed E-state index contributed by atoms with van der Waals surface area (Å²) in [4.78, 5) is 31.2. The minimum absolute atomic E-state index is 0.00638. The number of fused-ring (bicyclic) bond motifs is 1. The Morgan fingerprint density at radius 3 is 2.68 bits per heavy atom. The van der Waals surface area contributed by atoms with Gasteiger partial charge >= 0.3 is 0 Å². The van der Waals surface area contributed by atoms with E-state index in [1.807, 2.05) is 23.1 Å². The second kappa shape index (κ2) is 11.8. The minimum Gasteiger partial charge on any atom is -0.330 e. The molecular weight excluding hydrogens is 404 g/mol. The maximum atomic E-state index is 13.4. The molecule has 3 rings (SSSR count). The average Bonchev–Trinajstić information content (AvgIpc) is 3.27. The van der Waals surface area contributed by atoms with Crippen molar-refractivity contribution in [3.8, 4) is 0 Å². The zero-order valence-electron chi connectivity index (χ0n) is 18.6. The van der Waals surface area contributed by atoms with Gasteiger partial charge in [0, 0.05) is 24.4 Å². The van der Waals surface area contributed by atoms with Crippen LogP contribution in [0.2, 0.25) is 0 Å². The number of nitrogens with zero attached hydrogens (tertiary/aromatic N) is 2. The molecule has 1 aromatic carbocycles. The van der Waals surface area contributed by atoms with Crippen molar-refractivity contribution in [1.82, 2.24) is 9.80 Å². The Kier molecular flexibility index (Phi) is 8.89. The van der Waals surface area contributed by atoms with Crippen molar-refractivity contribution in [1.29, 1.82) is 0 Å². The van der Waals surface area contributed by atoms with E-state index in [2.05, 4.69) is 37.1 Å². The van der Waals surface area contributed by atoms with E-state index in [1.54, 1.807) is 22.3 Å². The Bertz CT molecular complexity index is 861. The maximum absolute atomic E-state index is 13.4. The van der Waals surface area contributed by atoms with Gasteiger partial charge in [0.1, 0.15) is 6.54 Å². The molecule has 0 aliphatic carbocycles. The number of benzene rings is 1. The number of unbranched alkanes of at least 4 members (excludes halogenated alkanes) is 4. The van der Waals surface area contributed by atoms with Gasteiger partial charge in [0.25, 0.3) is 0 Å². The third-order valence-electron chi connectivity index (χ3n) is 5.92. The lowest BCUT2D eigenvalue weighted by Crippen LogP contribution is -2.46. The van der Waals surface area contributed by atoms with Crippen molar-refractivity contribution >= 4 is 23.2 Å². The molecule has 166 valence electrons. The molecule has 0 fully saturated rings. The molecule has 1 aliphatic rings. The Morgan fingerprint density at radius 2 is 1.94 bits per heavy atom. The van der Waals surface area contributed by atoms with Crippen LogP contribution in [-0.2, 0) is 16.0 Å². The summed E-state index contributed by atoms with van der Waals surface area (Å²) in [6.45, 7) is 7.18. The van der Waals surface area contributed by atoms with Crippen LogP contribution in [0.1, 0.15) is 67.5 Å². The van der Waals surface area contributed by atoms with Crippen LogP contribution in [0.25, 0.3) is 0 Å². The van der Waals surface area contributed by atoms with Crippen LogP contribution in [0.15, 0.2) is 54.4 Å². The molecule has 0 radical (unpaired) electrons. The third-order valence-corrected chi connectivity index (χ3v) is 6.92. The number of rotatable bonds is 11. The summed E-state index contributed by atoms with van der Waals surface area (Å²) in [6, 6.07) is 12.3. The molecule has 1 atom stereocenters. The van der Waals surface area contributed by atoms with Crippen molar-refractivity contribution in [3.63, 3.8) is 0 Å². The van der Waals surface area contributed by atoms with Crippen LogP contribution < -0.4 is 0 Å². The van der Waals surface area contributed by atoms with Crippen LogP contribution in [0.4, 0.5) is 0 Å². The first-order valence-electron chi connectivity index (χ1n) is 11.4. The zero-order valence-corrected chi connectivity index (χ0v) is 19.4. The largest absolute Gasteiger partial charge is 0.330 e. The quantitative estimate of drug-likeness (QED) is 0.339. The van der Waals surface area contributed by atoms with Crippen LogP contribution in [0.5, 0.6) is 0 Å². The summed E-state index contributed by atoms with van der Waals surface area (Å²) in [7, 11) is 0. The first-order chi connectivity index (χ1) is 15.2.